The van der Waals surface area contributed by atoms with Crippen LogP contribution in [0.2, 0.25) is 0 Å². The average molecular weight is 1020 g/mol. The van der Waals surface area contributed by atoms with E-state index in [-0.39, 0.29) is 67.6 Å². The van der Waals surface area contributed by atoms with Crippen LogP contribution in [-0.2, 0) is 30.7 Å². The molecule has 5 aromatic carbocycles. The first-order valence-corrected chi connectivity index (χ1v) is 24.6. The molecule has 1 N–H and O–H groups in total. The van der Waals surface area contributed by atoms with Gasteiger partial charge in [0.25, 0.3) is 8.53 Å². The maximum atomic E-state index is 14.3. The van der Waals surface area contributed by atoms with E-state index >= 15 is 0 Å². The maximum absolute atomic E-state index is 14.3. The second-order valence-corrected chi connectivity index (χ2v) is 19.3. The van der Waals surface area contributed by atoms with Crippen LogP contribution in [0, 0.1) is 11.3 Å². The SMILES string of the molecule is COc1ccc(C(OC[C@H](COP(OCCC#N)N(C(C)C)C(C)C)NC(=O)CC[n+]2ccc(/C=C3\Sc4ccccc4N3C)c3ccccc32)(c2ccccc2)c2ccc(OC)cc2)cc1.[Br-]. The monoisotopic (exact) mass is 1020 g/mol. The third-order valence-electron chi connectivity index (χ3n) is 11.7. The third kappa shape index (κ3) is 12.3. The van der Waals surface area contributed by atoms with Gasteiger partial charge in [0.2, 0.25) is 11.4 Å². The molecule has 1 aliphatic rings. The highest BCUT2D eigenvalue weighted by atomic mass is 79.9. The van der Waals surface area contributed by atoms with Crippen molar-refractivity contribution in [3.05, 3.63) is 167 Å². The fourth-order valence-corrected chi connectivity index (χ4v) is 11.2. The lowest BCUT2D eigenvalue weighted by atomic mass is 9.80. The number of nitriles is 1. The van der Waals surface area contributed by atoms with E-state index in [0.717, 1.165) is 38.2 Å². The lowest BCUT2D eigenvalue weighted by molar-refractivity contribution is -0.670. The number of hydrogen-bond acceptors (Lipinski definition) is 10. The molecule has 0 saturated carbocycles. The van der Waals surface area contributed by atoms with Crippen LogP contribution in [0.1, 0.15) is 62.8 Å². The number of halogens is 1. The number of aryl methyl sites for hydroxylation is 1. The number of fused-ring (bicyclic) bond motifs is 2. The smallest absolute Gasteiger partial charge is 0.259 e. The first-order valence-electron chi connectivity index (χ1n) is 22.7. The molecule has 1 unspecified atom stereocenters. The normalized spacial score (nSPS) is 13.9. The molecular formula is C54H61BrN5O6PS. The Bertz CT molecular complexity index is 2590. The summed E-state index contributed by atoms with van der Waals surface area (Å²) >= 11 is 1.76. The summed E-state index contributed by atoms with van der Waals surface area (Å²) in [5.74, 6) is 1.28. The minimum atomic E-state index is -1.61. The number of carbonyl (C=O) groups is 1. The predicted molar refractivity (Wildman–Crippen MR) is 269 cm³/mol. The van der Waals surface area contributed by atoms with E-state index in [0.29, 0.717) is 18.0 Å². The van der Waals surface area contributed by atoms with Crippen molar-refractivity contribution in [3.8, 4) is 17.6 Å². The lowest BCUT2D eigenvalue weighted by Gasteiger charge is -2.38. The Balaban J connectivity index is 0.00000761. The van der Waals surface area contributed by atoms with Crippen LogP contribution in [0.4, 0.5) is 5.69 Å². The van der Waals surface area contributed by atoms with Gasteiger partial charge in [-0.2, -0.15) is 9.83 Å². The Labute approximate surface area is 417 Å². The first-order chi connectivity index (χ1) is 32.6. The molecule has 2 atom stereocenters. The number of amides is 1. The quantitative estimate of drug-likeness (QED) is 0.0313. The number of ether oxygens (including phenoxy) is 3. The van der Waals surface area contributed by atoms with E-state index in [2.05, 4.69) is 133 Å². The van der Waals surface area contributed by atoms with Gasteiger partial charge in [0.1, 0.15) is 17.1 Å². The van der Waals surface area contributed by atoms with E-state index in [1.165, 1.54) is 10.6 Å². The van der Waals surface area contributed by atoms with Gasteiger partial charge in [0.05, 0.1) is 75.1 Å². The largest absolute Gasteiger partial charge is 1.00 e. The number of thioether (sulfide) groups is 1. The second-order valence-electron chi connectivity index (χ2n) is 16.8. The standard InChI is InChI=1S/C54H60N5O6PS.BrH/c1-39(2)59(40(3)4)66(64-35-15-32-55)65-38-45(37-63-54(42-16-9-8-10-17-42,43-22-26-46(61-6)27-23-43)44-24-28-47(62-7)29-25-44)56-52(60)31-34-58-33-30-41(48-18-11-12-19-49(48)58)36-53-57(5)50-20-13-14-21-51(50)67-53;/h8-14,16-30,33,36,39-40,45H,15,31,34-35,37-38H2,1-7H3;1H/t45-,66?;/m1./s1. The molecular weight excluding hydrogens is 958 g/mol. The van der Waals surface area contributed by atoms with Crippen LogP contribution in [0.25, 0.3) is 17.0 Å². The van der Waals surface area contributed by atoms with Gasteiger partial charge in [-0.25, -0.2) is 4.67 Å². The van der Waals surface area contributed by atoms with Gasteiger partial charge < -0.3 is 50.5 Å². The molecule has 0 saturated heterocycles. The number of para-hydroxylation sites is 2. The number of aromatic nitrogens is 1. The van der Waals surface area contributed by atoms with Gasteiger partial charge in [-0.1, -0.05) is 90.6 Å². The van der Waals surface area contributed by atoms with E-state index in [1.807, 2.05) is 72.8 Å². The zero-order chi connectivity index (χ0) is 47.3. The molecule has 2 heterocycles. The summed E-state index contributed by atoms with van der Waals surface area (Å²) in [5.41, 5.74) is 4.84. The molecule has 1 amide bonds. The molecule has 1 aromatic heterocycles. The maximum Gasteiger partial charge on any atom is 0.259 e. The highest BCUT2D eigenvalue weighted by molar-refractivity contribution is 8.03. The Morgan fingerprint density at radius 1 is 0.809 bits per heavy atom. The summed E-state index contributed by atoms with van der Waals surface area (Å²) < 4.78 is 35.8. The van der Waals surface area contributed by atoms with Crippen molar-refractivity contribution >= 4 is 48.9 Å². The van der Waals surface area contributed by atoms with Crippen LogP contribution < -0.4 is 41.2 Å². The number of rotatable bonds is 22. The molecule has 68 heavy (non-hydrogen) atoms. The molecule has 0 spiro atoms. The molecule has 0 fully saturated rings. The summed E-state index contributed by atoms with van der Waals surface area (Å²) in [7, 11) is 3.79. The van der Waals surface area contributed by atoms with Crippen molar-refractivity contribution in [3.63, 3.8) is 0 Å². The molecule has 0 bridgehead atoms. The number of methoxy groups -OCH3 is 2. The minimum Gasteiger partial charge on any atom is -1.00 e. The summed E-state index contributed by atoms with van der Waals surface area (Å²) in [6.07, 6.45) is 4.74. The van der Waals surface area contributed by atoms with Crippen LogP contribution >= 0.6 is 20.3 Å². The van der Waals surface area contributed by atoms with E-state index in [4.69, 9.17) is 23.3 Å². The van der Waals surface area contributed by atoms with Crippen LogP contribution in [0.5, 0.6) is 11.5 Å². The summed E-state index contributed by atoms with van der Waals surface area (Å²) in [6.45, 7) is 9.23. The zero-order valence-electron chi connectivity index (χ0n) is 39.8. The van der Waals surface area contributed by atoms with Gasteiger partial charge in [-0.15, -0.1) is 0 Å². The molecule has 7 rings (SSSR count). The topological polar surface area (TPSA) is 109 Å². The van der Waals surface area contributed by atoms with Crippen molar-refractivity contribution in [1.29, 1.82) is 5.26 Å². The Kier molecular flexibility index (Phi) is 19.0. The van der Waals surface area contributed by atoms with Crippen LogP contribution in [-0.4, -0.2) is 69.8 Å². The summed E-state index contributed by atoms with van der Waals surface area (Å²) in [4.78, 5) is 17.8. The van der Waals surface area contributed by atoms with Crippen molar-refractivity contribution < 1.29 is 49.6 Å². The number of nitrogens with zero attached hydrogens (tertiary/aromatic N) is 4. The van der Waals surface area contributed by atoms with Gasteiger partial charge in [-0.05, 0) is 98.5 Å². The fourth-order valence-electron chi connectivity index (χ4n) is 8.43. The first kappa shape index (κ1) is 52.1. The third-order valence-corrected chi connectivity index (χ3v) is 14.9. The van der Waals surface area contributed by atoms with Gasteiger partial charge in [0, 0.05) is 36.2 Å². The van der Waals surface area contributed by atoms with Gasteiger partial charge in [0.15, 0.2) is 12.7 Å². The Morgan fingerprint density at radius 2 is 1.41 bits per heavy atom. The van der Waals surface area contributed by atoms with Crippen LogP contribution in [0.3, 0.4) is 0 Å². The second kappa shape index (κ2) is 24.8. The van der Waals surface area contributed by atoms with Crippen LogP contribution in [0.15, 0.2) is 150 Å². The number of pyridine rings is 1. The number of hydrogen-bond donors (Lipinski definition) is 1. The molecule has 1 aliphatic heterocycles. The lowest BCUT2D eigenvalue weighted by Crippen LogP contribution is -3.00. The molecule has 0 radical (unpaired) electrons. The zero-order valence-corrected chi connectivity index (χ0v) is 43.1. The van der Waals surface area contributed by atoms with E-state index < -0.39 is 20.2 Å². The molecule has 11 nitrogen and oxygen atoms in total. The number of nitrogens with one attached hydrogen (secondary N) is 1. The van der Waals surface area contributed by atoms with Crippen molar-refractivity contribution in [2.75, 3.05) is 46.0 Å². The Hall–Kier alpha value is -5.29. The average Bonchev–Trinajstić information content (AvgIpc) is 3.67. The van der Waals surface area contributed by atoms with Crippen molar-refractivity contribution in [1.82, 2.24) is 9.99 Å². The van der Waals surface area contributed by atoms with Gasteiger partial charge >= 0.3 is 0 Å². The number of carbonyl (C=O) groups excluding carboxylic acids is 1. The minimum absolute atomic E-state index is 0. The molecule has 0 aliphatic carbocycles. The summed E-state index contributed by atoms with van der Waals surface area (Å²) in [5, 5.41) is 14.9. The Morgan fingerprint density at radius 3 is 2.03 bits per heavy atom. The molecule has 14 heteroatoms. The highest BCUT2D eigenvalue weighted by Gasteiger charge is 2.39. The molecule has 356 valence electrons. The highest BCUT2D eigenvalue weighted by Crippen LogP contribution is 2.47. The fraction of sp³-hybridized carbons (Fsp3) is 0.315. The number of benzene rings is 5. The molecule has 6 aromatic rings. The van der Waals surface area contributed by atoms with E-state index in [9.17, 15) is 10.1 Å². The summed E-state index contributed by atoms with van der Waals surface area (Å²) in [6, 6.07) is 46.5. The number of anilines is 1. The van der Waals surface area contributed by atoms with E-state index in [1.54, 1.807) is 26.0 Å². The predicted octanol–water partition coefficient (Wildman–Crippen LogP) is 7.87. The van der Waals surface area contributed by atoms with Crippen molar-refractivity contribution in [2.45, 2.75) is 75.7 Å². The van der Waals surface area contributed by atoms with Gasteiger partial charge in [-0.3, -0.25) is 4.79 Å². The van der Waals surface area contributed by atoms with Crippen molar-refractivity contribution in [2.24, 2.45) is 0 Å².